The molecule has 0 fully saturated rings. The van der Waals surface area contributed by atoms with E-state index in [1.165, 1.54) is 24.9 Å². The molecule has 0 bridgehead atoms. The van der Waals surface area contributed by atoms with Gasteiger partial charge < -0.3 is 4.90 Å². The first-order valence-electron chi connectivity index (χ1n) is 6.80. The minimum Gasteiger partial charge on any atom is -0.301 e. The Balaban J connectivity index is 2.14. The third kappa shape index (κ3) is 1.81. The van der Waals surface area contributed by atoms with Gasteiger partial charge in [-0.3, -0.25) is 0 Å². The van der Waals surface area contributed by atoms with E-state index in [1.54, 1.807) is 16.7 Å². The minimum atomic E-state index is 0.277. The van der Waals surface area contributed by atoms with Crippen LogP contribution in [-0.2, 0) is 18.4 Å². The summed E-state index contributed by atoms with van der Waals surface area (Å²) in [5, 5.41) is 0. The summed E-state index contributed by atoms with van der Waals surface area (Å²) in [4.78, 5) is 2.48. The molecule has 1 aliphatic carbocycles. The van der Waals surface area contributed by atoms with E-state index in [9.17, 15) is 0 Å². The van der Waals surface area contributed by atoms with Gasteiger partial charge in [-0.25, -0.2) is 0 Å². The van der Waals surface area contributed by atoms with Crippen LogP contribution in [0.5, 0.6) is 0 Å². The largest absolute Gasteiger partial charge is 0.301 e. The third-order valence-corrected chi connectivity index (χ3v) is 4.36. The predicted molar refractivity (Wildman–Crippen MR) is 72.5 cm³/mol. The zero-order chi connectivity index (χ0) is 12.2. The Hall–Kier alpha value is -0.820. The van der Waals surface area contributed by atoms with Gasteiger partial charge in [0.2, 0.25) is 0 Å². The maximum absolute atomic E-state index is 2.48. The molecular formula is C16H23N. The van der Waals surface area contributed by atoms with Gasteiger partial charge in [0.15, 0.2) is 0 Å². The van der Waals surface area contributed by atoms with E-state index in [0.717, 1.165) is 12.5 Å². The lowest BCUT2D eigenvalue weighted by Crippen LogP contribution is -2.29. The standard InChI is InChI=1S/C16H23N/c1-16(2,3)14-7-11-5-6-12-9-17(4)10-13(8-14)15(11)12/h7-8,12H,5-6,9-10H2,1-4H3. The van der Waals surface area contributed by atoms with Crippen LogP contribution in [0.1, 0.15) is 55.4 Å². The van der Waals surface area contributed by atoms with Crippen molar-refractivity contribution in [1.82, 2.24) is 4.90 Å². The molecule has 2 aliphatic rings. The first-order chi connectivity index (χ1) is 7.95. The lowest BCUT2D eigenvalue weighted by Gasteiger charge is -2.31. The van der Waals surface area contributed by atoms with Crippen LogP contribution in [0, 0.1) is 0 Å². The van der Waals surface area contributed by atoms with Crippen LogP contribution in [0.2, 0.25) is 0 Å². The highest BCUT2D eigenvalue weighted by Crippen LogP contribution is 2.41. The molecule has 0 radical (unpaired) electrons. The molecule has 0 amide bonds. The molecule has 1 nitrogen and oxygen atoms in total. The molecule has 1 atom stereocenters. The second kappa shape index (κ2) is 3.58. The molecule has 92 valence electrons. The highest BCUT2D eigenvalue weighted by atomic mass is 15.1. The normalized spacial score (nSPS) is 23.9. The van der Waals surface area contributed by atoms with Crippen LogP contribution in [-0.4, -0.2) is 18.5 Å². The average Bonchev–Trinajstić information content (AvgIpc) is 2.60. The Bertz CT molecular complexity index is 453. The molecular weight excluding hydrogens is 206 g/mol. The van der Waals surface area contributed by atoms with E-state index in [4.69, 9.17) is 0 Å². The summed E-state index contributed by atoms with van der Waals surface area (Å²) < 4.78 is 0. The topological polar surface area (TPSA) is 3.24 Å². The summed E-state index contributed by atoms with van der Waals surface area (Å²) in [5.41, 5.74) is 6.74. The van der Waals surface area contributed by atoms with Crippen molar-refractivity contribution in [2.24, 2.45) is 0 Å². The predicted octanol–water partition coefficient (Wildman–Crippen LogP) is 3.46. The summed E-state index contributed by atoms with van der Waals surface area (Å²) in [7, 11) is 2.25. The maximum atomic E-state index is 2.48. The Morgan fingerprint density at radius 1 is 1.18 bits per heavy atom. The fourth-order valence-corrected chi connectivity index (χ4v) is 3.46. The van der Waals surface area contributed by atoms with Gasteiger partial charge in [0.1, 0.15) is 0 Å². The lowest BCUT2D eigenvalue weighted by atomic mass is 9.82. The lowest BCUT2D eigenvalue weighted by molar-refractivity contribution is 0.282. The highest BCUT2D eigenvalue weighted by Gasteiger charge is 2.31. The second-order valence-corrected chi connectivity index (χ2v) is 6.89. The van der Waals surface area contributed by atoms with Gasteiger partial charge in [0, 0.05) is 13.1 Å². The Labute approximate surface area is 105 Å². The first-order valence-corrected chi connectivity index (χ1v) is 6.80. The van der Waals surface area contributed by atoms with E-state index in [0.29, 0.717) is 0 Å². The summed E-state index contributed by atoms with van der Waals surface area (Å²) in [6.45, 7) is 9.36. The highest BCUT2D eigenvalue weighted by molar-refractivity contribution is 5.47. The zero-order valence-corrected chi connectivity index (χ0v) is 11.5. The molecule has 0 saturated heterocycles. The van der Waals surface area contributed by atoms with Crippen molar-refractivity contribution in [3.05, 3.63) is 34.4 Å². The third-order valence-electron chi connectivity index (χ3n) is 4.36. The van der Waals surface area contributed by atoms with Crippen LogP contribution in [0.3, 0.4) is 0 Å². The molecule has 1 heterocycles. The Morgan fingerprint density at radius 2 is 1.88 bits per heavy atom. The van der Waals surface area contributed by atoms with Gasteiger partial charge in [0.05, 0.1) is 0 Å². The summed E-state index contributed by atoms with van der Waals surface area (Å²) in [6.07, 6.45) is 2.66. The van der Waals surface area contributed by atoms with E-state index in [2.05, 4.69) is 44.9 Å². The summed E-state index contributed by atoms with van der Waals surface area (Å²) >= 11 is 0. The molecule has 1 heteroatoms. The SMILES string of the molecule is CN1Cc2cc(C(C)(C)C)cc3c2C(CC3)C1. The number of benzene rings is 1. The van der Waals surface area contributed by atoms with Crippen LogP contribution in [0.15, 0.2) is 12.1 Å². The minimum absolute atomic E-state index is 0.277. The molecule has 1 aromatic carbocycles. The van der Waals surface area contributed by atoms with Crippen LogP contribution < -0.4 is 0 Å². The van der Waals surface area contributed by atoms with Crippen molar-refractivity contribution in [3.63, 3.8) is 0 Å². The van der Waals surface area contributed by atoms with E-state index < -0.39 is 0 Å². The monoisotopic (exact) mass is 229 g/mol. The molecule has 0 spiro atoms. The van der Waals surface area contributed by atoms with Gasteiger partial charge in [-0.2, -0.15) is 0 Å². The van der Waals surface area contributed by atoms with Crippen molar-refractivity contribution in [3.8, 4) is 0 Å². The average molecular weight is 229 g/mol. The van der Waals surface area contributed by atoms with Gasteiger partial charge in [0.25, 0.3) is 0 Å². The molecule has 3 rings (SSSR count). The van der Waals surface area contributed by atoms with Gasteiger partial charge in [-0.15, -0.1) is 0 Å². The summed E-state index contributed by atoms with van der Waals surface area (Å²) in [6, 6.07) is 4.94. The maximum Gasteiger partial charge on any atom is 0.0233 e. The second-order valence-electron chi connectivity index (χ2n) is 6.89. The number of aryl methyl sites for hydroxylation is 1. The van der Waals surface area contributed by atoms with Gasteiger partial charge in [-0.1, -0.05) is 32.9 Å². The van der Waals surface area contributed by atoms with Crippen LogP contribution in [0.25, 0.3) is 0 Å². The van der Waals surface area contributed by atoms with Crippen LogP contribution in [0.4, 0.5) is 0 Å². The number of nitrogens with zero attached hydrogens (tertiary/aromatic N) is 1. The van der Waals surface area contributed by atoms with Crippen molar-refractivity contribution < 1.29 is 0 Å². The first kappa shape index (κ1) is 11.3. The van der Waals surface area contributed by atoms with Gasteiger partial charge in [-0.05, 0) is 53.5 Å². The number of hydrogen-bond acceptors (Lipinski definition) is 1. The smallest absolute Gasteiger partial charge is 0.0233 e. The Morgan fingerprint density at radius 3 is 2.59 bits per heavy atom. The molecule has 0 saturated carbocycles. The van der Waals surface area contributed by atoms with E-state index >= 15 is 0 Å². The molecule has 17 heavy (non-hydrogen) atoms. The fraction of sp³-hybridized carbons (Fsp3) is 0.625. The molecule has 1 aromatic rings. The Kier molecular flexibility index (Phi) is 2.38. The molecule has 1 aliphatic heterocycles. The van der Waals surface area contributed by atoms with E-state index in [-0.39, 0.29) is 5.41 Å². The number of rotatable bonds is 0. The van der Waals surface area contributed by atoms with Gasteiger partial charge >= 0.3 is 0 Å². The van der Waals surface area contributed by atoms with Crippen molar-refractivity contribution >= 4 is 0 Å². The molecule has 1 unspecified atom stereocenters. The quantitative estimate of drug-likeness (QED) is 0.658. The van der Waals surface area contributed by atoms with Crippen molar-refractivity contribution in [2.75, 3.05) is 13.6 Å². The molecule has 0 N–H and O–H groups in total. The number of likely N-dealkylation sites (N-methyl/N-ethyl adjacent to an activating group) is 1. The van der Waals surface area contributed by atoms with Crippen LogP contribution >= 0.6 is 0 Å². The van der Waals surface area contributed by atoms with E-state index in [1.807, 2.05) is 0 Å². The zero-order valence-electron chi connectivity index (χ0n) is 11.5. The fourth-order valence-electron chi connectivity index (χ4n) is 3.46. The number of hydrogen-bond donors (Lipinski definition) is 0. The molecule has 0 aromatic heterocycles. The summed E-state index contributed by atoms with van der Waals surface area (Å²) in [5.74, 6) is 0.813. The van der Waals surface area contributed by atoms with Crippen molar-refractivity contribution in [1.29, 1.82) is 0 Å². The van der Waals surface area contributed by atoms with Crippen molar-refractivity contribution in [2.45, 2.75) is 51.5 Å².